The molecule has 0 radical (unpaired) electrons. The monoisotopic (exact) mass is 380 g/mol. The Bertz CT molecular complexity index is 1310. The minimum atomic E-state index is -0.767. The second-order valence-electron chi connectivity index (χ2n) is 6.81. The smallest absolute Gasteiger partial charge is 0.236 e. The summed E-state index contributed by atoms with van der Waals surface area (Å²) in [6, 6.07) is 25.1. The second-order valence-corrected chi connectivity index (χ2v) is 6.81. The number of nitroso groups, excluding NO2 is 2. The Balaban J connectivity index is 1.80. The van der Waals surface area contributed by atoms with Crippen LogP contribution in [-0.2, 0) is 0 Å². The first-order valence-electron chi connectivity index (χ1n) is 9.06. The van der Waals surface area contributed by atoms with Crippen LogP contribution in [0.4, 0.5) is 11.4 Å². The summed E-state index contributed by atoms with van der Waals surface area (Å²) in [4.78, 5) is 34.1. The summed E-state index contributed by atoms with van der Waals surface area (Å²) in [5.41, 5.74) is 2.83. The Kier molecular flexibility index (Phi) is 4.79. The van der Waals surface area contributed by atoms with E-state index in [2.05, 4.69) is 40.7 Å². The molecule has 5 nitrogen and oxygen atoms in total. The molecule has 4 aromatic rings. The summed E-state index contributed by atoms with van der Waals surface area (Å²) >= 11 is 0. The van der Waals surface area contributed by atoms with Crippen LogP contribution in [0.2, 0.25) is 0 Å². The molecule has 4 rings (SSSR count). The van der Waals surface area contributed by atoms with Crippen LogP contribution in [0.15, 0.2) is 94.0 Å². The quantitative estimate of drug-likeness (QED) is 0.372. The first-order valence-corrected chi connectivity index (χ1v) is 9.06. The van der Waals surface area contributed by atoms with Gasteiger partial charge in [0.15, 0.2) is 11.4 Å². The molecule has 0 aliphatic carbocycles. The minimum Gasteiger partial charge on any atom is -0.285 e. The third kappa shape index (κ3) is 3.46. The van der Waals surface area contributed by atoms with E-state index in [1.54, 1.807) is 6.92 Å². The summed E-state index contributed by atoms with van der Waals surface area (Å²) in [6.45, 7) is 1.76. The highest BCUT2D eigenvalue weighted by molar-refractivity contribution is 5.87. The standard InChI is InChI=1S/C24H16N2O3/c1-15-12-22(25-28)24(27)23(26-29)14-21(15)18-9-6-17(7-10-18)20-11-8-16-4-2-3-5-19(16)13-20/h2-14H,1H3. The maximum absolute atomic E-state index is 12.1. The molecule has 0 fully saturated rings. The van der Waals surface area contributed by atoms with Gasteiger partial charge < -0.3 is 0 Å². The molecule has 0 spiro atoms. The van der Waals surface area contributed by atoms with E-state index in [1.807, 2.05) is 36.4 Å². The molecular formula is C24H16N2O3. The zero-order valence-electron chi connectivity index (χ0n) is 15.6. The fraction of sp³-hybridized carbons (Fsp3) is 0.0417. The van der Waals surface area contributed by atoms with E-state index in [9.17, 15) is 14.6 Å². The van der Waals surface area contributed by atoms with Crippen molar-refractivity contribution in [2.75, 3.05) is 0 Å². The summed E-state index contributed by atoms with van der Waals surface area (Å²) in [7, 11) is 0. The second kappa shape index (κ2) is 7.56. The Labute approximate surface area is 166 Å². The van der Waals surface area contributed by atoms with Crippen molar-refractivity contribution in [2.45, 2.75) is 6.92 Å². The maximum atomic E-state index is 12.1. The third-order valence-electron chi connectivity index (χ3n) is 5.00. The van der Waals surface area contributed by atoms with Gasteiger partial charge in [-0.15, -0.1) is 9.81 Å². The van der Waals surface area contributed by atoms with Crippen LogP contribution in [0.5, 0.6) is 0 Å². The summed E-state index contributed by atoms with van der Waals surface area (Å²) in [6.07, 6.45) is 0. The highest BCUT2D eigenvalue weighted by atomic mass is 16.3. The molecular weight excluding hydrogens is 364 g/mol. The molecule has 0 N–H and O–H groups in total. The molecule has 0 atom stereocenters. The van der Waals surface area contributed by atoms with E-state index >= 15 is 0 Å². The van der Waals surface area contributed by atoms with Gasteiger partial charge in [0.1, 0.15) is 0 Å². The molecule has 0 bridgehead atoms. The topological polar surface area (TPSA) is 75.9 Å². The van der Waals surface area contributed by atoms with Crippen molar-refractivity contribution in [3.63, 3.8) is 0 Å². The van der Waals surface area contributed by atoms with Crippen LogP contribution in [0, 0.1) is 16.7 Å². The molecule has 0 aliphatic heterocycles. The third-order valence-corrected chi connectivity index (χ3v) is 5.00. The number of rotatable bonds is 4. The summed E-state index contributed by atoms with van der Waals surface area (Å²) in [5.74, 6) is 0. The van der Waals surface area contributed by atoms with E-state index in [-0.39, 0.29) is 11.4 Å². The molecule has 4 aromatic carbocycles. The Morgan fingerprint density at radius 1 is 0.621 bits per heavy atom. The Hall–Kier alpha value is -3.99. The van der Waals surface area contributed by atoms with Gasteiger partial charge in [-0.05, 0) is 74.1 Å². The lowest BCUT2D eigenvalue weighted by atomic mass is 9.97. The van der Waals surface area contributed by atoms with Gasteiger partial charge in [-0.25, -0.2) is 0 Å². The number of aryl methyl sites for hydroxylation is 1. The fourth-order valence-electron chi connectivity index (χ4n) is 3.45. The molecule has 0 amide bonds. The number of hydrogen-bond acceptors (Lipinski definition) is 5. The molecule has 29 heavy (non-hydrogen) atoms. The predicted octanol–water partition coefficient (Wildman–Crippen LogP) is 6.64. The first-order chi connectivity index (χ1) is 14.1. The van der Waals surface area contributed by atoms with Crippen molar-refractivity contribution in [1.29, 1.82) is 0 Å². The SMILES string of the molecule is Cc1cc(N=O)c(=O)c(N=O)cc1-c1ccc(-c2ccc3ccccc3c2)cc1. The number of fused-ring (bicyclic) bond motifs is 1. The summed E-state index contributed by atoms with van der Waals surface area (Å²) < 4.78 is 0. The van der Waals surface area contributed by atoms with Crippen molar-refractivity contribution in [1.82, 2.24) is 0 Å². The molecule has 0 saturated heterocycles. The van der Waals surface area contributed by atoms with Crippen molar-refractivity contribution < 1.29 is 0 Å². The normalized spacial score (nSPS) is 10.7. The van der Waals surface area contributed by atoms with E-state index in [4.69, 9.17) is 0 Å². The zero-order chi connectivity index (χ0) is 20.4. The van der Waals surface area contributed by atoms with Crippen molar-refractivity contribution >= 4 is 22.1 Å². The van der Waals surface area contributed by atoms with Crippen LogP contribution >= 0.6 is 0 Å². The zero-order valence-corrected chi connectivity index (χ0v) is 15.6. The maximum Gasteiger partial charge on any atom is 0.236 e. The van der Waals surface area contributed by atoms with Crippen molar-refractivity contribution in [3.8, 4) is 22.3 Å². The minimum absolute atomic E-state index is 0.323. The molecule has 0 unspecified atom stereocenters. The van der Waals surface area contributed by atoms with Crippen LogP contribution in [0.25, 0.3) is 33.0 Å². The van der Waals surface area contributed by atoms with E-state index in [0.717, 1.165) is 16.7 Å². The number of benzene rings is 3. The van der Waals surface area contributed by atoms with Crippen LogP contribution in [0.1, 0.15) is 5.56 Å². The largest absolute Gasteiger partial charge is 0.285 e. The van der Waals surface area contributed by atoms with Crippen LogP contribution in [-0.4, -0.2) is 0 Å². The van der Waals surface area contributed by atoms with E-state index in [0.29, 0.717) is 11.1 Å². The molecule has 140 valence electrons. The average Bonchev–Trinajstić information content (AvgIpc) is 2.89. The van der Waals surface area contributed by atoms with Gasteiger partial charge in [0.25, 0.3) is 0 Å². The summed E-state index contributed by atoms with van der Waals surface area (Å²) in [5, 5.41) is 7.86. The molecule has 0 saturated carbocycles. The average molecular weight is 380 g/mol. The lowest BCUT2D eigenvalue weighted by Gasteiger charge is -2.07. The van der Waals surface area contributed by atoms with Crippen molar-refractivity contribution in [3.05, 3.63) is 104 Å². The van der Waals surface area contributed by atoms with Gasteiger partial charge in [0.05, 0.1) is 0 Å². The Morgan fingerprint density at radius 3 is 1.90 bits per heavy atom. The van der Waals surface area contributed by atoms with Gasteiger partial charge in [-0.1, -0.05) is 60.7 Å². The van der Waals surface area contributed by atoms with Crippen LogP contribution < -0.4 is 5.43 Å². The highest BCUT2D eigenvalue weighted by Crippen LogP contribution is 2.30. The first kappa shape index (κ1) is 18.4. The molecule has 0 heterocycles. The van der Waals surface area contributed by atoms with E-state index in [1.165, 1.54) is 22.9 Å². The Morgan fingerprint density at radius 2 is 1.21 bits per heavy atom. The number of hydrogen-bond donors (Lipinski definition) is 0. The molecule has 5 heteroatoms. The molecule has 0 aliphatic rings. The fourth-order valence-corrected chi connectivity index (χ4v) is 3.45. The van der Waals surface area contributed by atoms with Gasteiger partial charge in [-0.3, -0.25) is 4.79 Å². The lowest BCUT2D eigenvalue weighted by Crippen LogP contribution is -1.94. The van der Waals surface area contributed by atoms with Gasteiger partial charge in [-0.2, -0.15) is 0 Å². The predicted molar refractivity (Wildman–Crippen MR) is 117 cm³/mol. The molecule has 0 aromatic heterocycles. The lowest BCUT2D eigenvalue weighted by molar-refractivity contribution is 1.41. The van der Waals surface area contributed by atoms with Crippen molar-refractivity contribution in [2.24, 2.45) is 10.4 Å². The van der Waals surface area contributed by atoms with Gasteiger partial charge >= 0.3 is 0 Å². The highest BCUT2D eigenvalue weighted by Gasteiger charge is 2.11. The van der Waals surface area contributed by atoms with Gasteiger partial charge in [0, 0.05) is 0 Å². The van der Waals surface area contributed by atoms with Gasteiger partial charge in [0.2, 0.25) is 5.43 Å². The number of nitrogens with zero attached hydrogens (tertiary/aromatic N) is 2. The van der Waals surface area contributed by atoms with Crippen LogP contribution in [0.3, 0.4) is 0 Å². The van der Waals surface area contributed by atoms with E-state index < -0.39 is 5.43 Å².